The molecule has 0 aliphatic carbocycles. The summed E-state index contributed by atoms with van der Waals surface area (Å²) in [5, 5.41) is 0.298. The first-order valence-electron chi connectivity index (χ1n) is 5.45. The van der Waals surface area contributed by atoms with E-state index in [4.69, 9.17) is 17.3 Å². The van der Waals surface area contributed by atoms with Crippen LogP contribution in [0, 0.1) is 5.82 Å². The number of hydrogen-bond donors (Lipinski definition) is 1. The first-order valence-corrected chi connectivity index (χ1v) is 7.71. The van der Waals surface area contributed by atoms with Crippen molar-refractivity contribution in [1.29, 1.82) is 0 Å². The van der Waals surface area contributed by atoms with Gasteiger partial charge in [-0.3, -0.25) is 0 Å². The van der Waals surface area contributed by atoms with Crippen molar-refractivity contribution < 1.29 is 12.8 Å². The molecule has 2 N–H and O–H groups in total. The Hall–Kier alpha value is -0.650. The fourth-order valence-corrected chi connectivity index (χ4v) is 2.24. The van der Waals surface area contributed by atoms with Gasteiger partial charge >= 0.3 is 0 Å². The summed E-state index contributed by atoms with van der Waals surface area (Å²) in [7, 11) is -3.32. The van der Waals surface area contributed by atoms with Crippen molar-refractivity contribution in [2.45, 2.75) is 31.1 Å². The van der Waals surface area contributed by atoms with Crippen molar-refractivity contribution in [1.82, 2.24) is 0 Å². The Morgan fingerprint density at radius 3 is 2.44 bits per heavy atom. The molecule has 0 fully saturated rings. The molecule has 1 atom stereocenters. The molecule has 0 bridgehead atoms. The second-order valence-corrected chi connectivity index (χ2v) is 7.95. The van der Waals surface area contributed by atoms with E-state index in [0.717, 1.165) is 6.26 Å². The molecule has 0 radical (unpaired) electrons. The Kier molecular flexibility index (Phi) is 4.41. The van der Waals surface area contributed by atoms with E-state index in [2.05, 4.69) is 0 Å². The maximum absolute atomic E-state index is 13.6. The minimum Gasteiger partial charge on any atom is -0.326 e. The summed E-state index contributed by atoms with van der Waals surface area (Å²) in [5.74, 6) is -0.470. The summed E-state index contributed by atoms with van der Waals surface area (Å²) in [6, 6.07) is 3.58. The van der Waals surface area contributed by atoms with Crippen LogP contribution in [0.5, 0.6) is 0 Å². The van der Waals surface area contributed by atoms with Crippen LogP contribution in [0.4, 0.5) is 4.39 Å². The van der Waals surface area contributed by atoms with Gasteiger partial charge in [0.25, 0.3) is 0 Å². The summed E-state index contributed by atoms with van der Waals surface area (Å²) < 4.78 is 35.8. The molecule has 6 heteroatoms. The van der Waals surface area contributed by atoms with Crippen molar-refractivity contribution in [2.75, 3.05) is 6.26 Å². The number of nitrogens with two attached hydrogens (primary N) is 1. The quantitative estimate of drug-likeness (QED) is 0.925. The fourth-order valence-electron chi connectivity index (χ4n) is 1.44. The Balaban J connectivity index is 2.98. The predicted octanol–water partition coefficient (Wildman–Crippen LogP) is 2.17. The minimum absolute atomic E-state index is 0.142. The van der Waals surface area contributed by atoms with E-state index in [1.54, 1.807) is 19.9 Å². The van der Waals surface area contributed by atoms with Crippen LogP contribution in [0.3, 0.4) is 0 Å². The monoisotopic (exact) mass is 293 g/mol. The Labute approximate surface area is 112 Å². The van der Waals surface area contributed by atoms with Gasteiger partial charge in [0.2, 0.25) is 0 Å². The maximum atomic E-state index is 13.6. The van der Waals surface area contributed by atoms with E-state index in [0.29, 0.717) is 10.6 Å². The Bertz CT molecular complexity index is 543. The molecule has 1 unspecified atom stereocenters. The second-order valence-electron chi connectivity index (χ2n) is 4.92. The third-order valence-corrected chi connectivity index (χ3v) is 5.75. The number of sulfone groups is 1. The van der Waals surface area contributed by atoms with Gasteiger partial charge in [0.1, 0.15) is 5.82 Å². The molecule has 1 aromatic rings. The molecule has 0 spiro atoms. The third-order valence-electron chi connectivity index (χ3n) is 3.30. The van der Waals surface area contributed by atoms with Gasteiger partial charge in [0.15, 0.2) is 9.84 Å². The number of halogens is 2. The highest BCUT2D eigenvalue weighted by Crippen LogP contribution is 2.23. The van der Waals surface area contributed by atoms with Crippen LogP contribution in [0.1, 0.15) is 19.4 Å². The van der Waals surface area contributed by atoms with Gasteiger partial charge in [-0.15, -0.1) is 0 Å². The second kappa shape index (κ2) is 5.15. The van der Waals surface area contributed by atoms with E-state index in [1.807, 2.05) is 0 Å². The highest BCUT2D eigenvalue weighted by molar-refractivity contribution is 7.92. The van der Waals surface area contributed by atoms with Crippen molar-refractivity contribution in [3.63, 3.8) is 0 Å². The average Bonchev–Trinajstić information content (AvgIpc) is 2.20. The Morgan fingerprint density at radius 1 is 1.44 bits per heavy atom. The zero-order chi connectivity index (χ0) is 14.1. The molecule has 0 aromatic heterocycles. The summed E-state index contributed by atoms with van der Waals surface area (Å²) in [6.45, 7) is 3.08. The third kappa shape index (κ3) is 3.22. The smallest absolute Gasteiger partial charge is 0.154 e. The Morgan fingerprint density at radius 2 is 2.00 bits per heavy atom. The van der Waals surface area contributed by atoms with Gasteiger partial charge in [-0.2, -0.15) is 0 Å². The molecular formula is C12H17ClFNO2S. The molecule has 0 saturated heterocycles. The van der Waals surface area contributed by atoms with Crippen LogP contribution in [0.25, 0.3) is 0 Å². The van der Waals surface area contributed by atoms with Crippen molar-refractivity contribution >= 4 is 21.4 Å². The van der Waals surface area contributed by atoms with E-state index in [9.17, 15) is 12.8 Å². The highest BCUT2D eigenvalue weighted by atomic mass is 35.5. The summed E-state index contributed by atoms with van der Waals surface area (Å²) in [4.78, 5) is 0. The minimum atomic E-state index is -3.32. The highest BCUT2D eigenvalue weighted by Gasteiger charge is 2.37. The van der Waals surface area contributed by atoms with Crippen LogP contribution in [-0.2, 0) is 16.3 Å². The lowest BCUT2D eigenvalue weighted by Gasteiger charge is -2.29. The summed E-state index contributed by atoms with van der Waals surface area (Å²) >= 11 is 5.65. The lowest BCUT2D eigenvalue weighted by Crippen LogP contribution is -2.50. The molecule has 18 heavy (non-hydrogen) atoms. The first-order chi connectivity index (χ1) is 8.05. The van der Waals surface area contributed by atoms with Crippen LogP contribution in [-0.4, -0.2) is 25.5 Å². The lowest BCUT2D eigenvalue weighted by molar-refractivity contribution is 0.474. The van der Waals surface area contributed by atoms with E-state index >= 15 is 0 Å². The normalized spacial score (nSPS) is 14.6. The summed E-state index contributed by atoms with van der Waals surface area (Å²) in [6.07, 6.45) is 1.27. The average molecular weight is 294 g/mol. The maximum Gasteiger partial charge on any atom is 0.154 e. The van der Waals surface area contributed by atoms with E-state index in [1.165, 1.54) is 12.1 Å². The van der Waals surface area contributed by atoms with Gasteiger partial charge in [-0.25, -0.2) is 12.8 Å². The topological polar surface area (TPSA) is 60.2 Å². The van der Waals surface area contributed by atoms with Crippen LogP contribution in [0.2, 0.25) is 5.02 Å². The molecule has 0 heterocycles. The molecule has 1 rings (SSSR count). The molecule has 0 amide bonds. The van der Waals surface area contributed by atoms with Gasteiger partial charge < -0.3 is 5.73 Å². The SMILES string of the molecule is CC(C)(C(N)Cc1ccc(Cl)cc1F)S(C)(=O)=O. The van der Waals surface area contributed by atoms with Crippen LogP contribution in [0.15, 0.2) is 18.2 Å². The number of benzene rings is 1. The van der Waals surface area contributed by atoms with E-state index in [-0.39, 0.29) is 6.42 Å². The zero-order valence-corrected chi connectivity index (χ0v) is 12.1. The van der Waals surface area contributed by atoms with Gasteiger partial charge in [-0.1, -0.05) is 17.7 Å². The molecule has 102 valence electrons. The molecule has 0 aliphatic heterocycles. The molecular weight excluding hydrogens is 277 g/mol. The molecule has 3 nitrogen and oxygen atoms in total. The first kappa shape index (κ1) is 15.4. The number of rotatable bonds is 4. The van der Waals surface area contributed by atoms with Crippen molar-refractivity contribution in [3.05, 3.63) is 34.6 Å². The molecule has 0 aliphatic rings. The standard InChI is InChI=1S/C12H17ClFNO2S/c1-12(2,18(3,16)17)11(15)6-8-4-5-9(13)7-10(8)14/h4-5,7,11H,6,15H2,1-3H3. The van der Waals surface area contributed by atoms with Gasteiger partial charge in [-0.05, 0) is 38.0 Å². The molecule has 1 aromatic carbocycles. The van der Waals surface area contributed by atoms with Gasteiger partial charge in [0.05, 0.1) is 4.75 Å². The lowest BCUT2D eigenvalue weighted by atomic mass is 9.96. The van der Waals surface area contributed by atoms with Crippen LogP contribution < -0.4 is 5.73 Å². The predicted molar refractivity (Wildman–Crippen MR) is 72.0 cm³/mol. The fraction of sp³-hybridized carbons (Fsp3) is 0.500. The van der Waals surface area contributed by atoms with Gasteiger partial charge in [0, 0.05) is 17.3 Å². The zero-order valence-electron chi connectivity index (χ0n) is 10.6. The summed E-state index contributed by atoms with van der Waals surface area (Å²) in [5.41, 5.74) is 6.26. The van der Waals surface area contributed by atoms with Crippen molar-refractivity contribution in [2.24, 2.45) is 5.73 Å². The largest absolute Gasteiger partial charge is 0.326 e. The van der Waals surface area contributed by atoms with Crippen molar-refractivity contribution in [3.8, 4) is 0 Å². The van der Waals surface area contributed by atoms with Crippen LogP contribution >= 0.6 is 11.6 Å². The molecule has 0 saturated carbocycles. The number of hydrogen-bond acceptors (Lipinski definition) is 3. The van der Waals surface area contributed by atoms with E-state index < -0.39 is 26.4 Å².